The van der Waals surface area contributed by atoms with Crippen LogP contribution in [-0.2, 0) is 11.3 Å². The molecule has 1 unspecified atom stereocenters. The highest BCUT2D eigenvalue weighted by Gasteiger charge is 2.64. The molecule has 19 heavy (non-hydrogen) atoms. The predicted molar refractivity (Wildman–Crippen MR) is 79.3 cm³/mol. The number of ether oxygens (including phenoxy) is 1. The number of thiophene rings is 1. The fourth-order valence-corrected chi connectivity index (χ4v) is 3.35. The van der Waals surface area contributed by atoms with Gasteiger partial charge in [0.1, 0.15) is 0 Å². The van der Waals surface area contributed by atoms with E-state index < -0.39 is 6.10 Å². The van der Waals surface area contributed by atoms with Gasteiger partial charge in [-0.05, 0) is 22.3 Å². The van der Waals surface area contributed by atoms with Crippen LogP contribution in [0.2, 0.25) is 0 Å². The van der Waals surface area contributed by atoms with Crippen LogP contribution >= 0.6 is 11.3 Å². The summed E-state index contributed by atoms with van der Waals surface area (Å²) in [6, 6.07) is 4.54. The lowest BCUT2D eigenvalue weighted by Gasteiger charge is -2.13. The normalized spacial score (nSPS) is 22.4. The average Bonchev–Trinajstić information content (AvgIpc) is 2.74. The van der Waals surface area contributed by atoms with E-state index >= 15 is 0 Å². The lowest BCUT2D eigenvalue weighted by atomic mass is 10.0. The molecule has 1 aromatic heterocycles. The molecule has 0 amide bonds. The van der Waals surface area contributed by atoms with E-state index in [1.807, 2.05) is 17.5 Å². The van der Waals surface area contributed by atoms with Crippen LogP contribution in [0.5, 0.6) is 0 Å². The van der Waals surface area contributed by atoms with E-state index in [2.05, 4.69) is 33.0 Å². The zero-order chi connectivity index (χ0) is 14.1. The van der Waals surface area contributed by atoms with Gasteiger partial charge in [-0.15, -0.1) is 11.3 Å². The van der Waals surface area contributed by atoms with Crippen molar-refractivity contribution < 1.29 is 9.84 Å². The summed E-state index contributed by atoms with van der Waals surface area (Å²) in [6.07, 6.45) is -0.438. The number of hydrogen-bond acceptors (Lipinski definition) is 4. The quantitative estimate of drug-likeness (QED) is 0.808. The minimum atomic E-state index is -0.438. The fraction of sp³-hybridized carbons (Fsp3) is 0.733. The van der Waals surface area contributed by atoms with Crippen molar-refractivity contribution in [3.63, 3.8) is 0 Å². The van der Waals surface area contributed by atoms with Crippen LogP contribution < -0.4 is 5.32 Å². The standard InChI is InChI=1S/C15H25NO2S/c1-14(2)13(15(14,3)4)16-8-11(17)9-18-10-12-6-5-7-19-12/h5-7,11,13,16-17H,8-10H2,1-4H3. The number of aliphatic hydroxyl groups is 1. The lowest BCUT2D eigenvalue weighted by molar-refractivity contribution is 0.0292. The molecule has 0 radical (unpaired) electrons. The van der Waals surface area contributed by atoms with Gasteiger partial charge in [-0.25, -0.2) is 0 Å². The van der Waals surface area contributed by atoms with Gasteiger partial charge in [0.2, 0.25) is 0 Å². The third kappa shape index (κ3) is 3.19. The Balaban J connectivity index is 1.62. The maximum atomic E-state index is 9.91. The first kappa shape index (κ1) is 15.0. The third-order valence-corrected chi connectivity index (χ3v) is 5.56. The predicted octanol–water partition coefficient (Wildman–Crippen LogP) is 2.65. The van der Waals surface area contributed by atoms with Gasteiger partial charge >= 0.3 is 0 Å². The Kier molecular flexibility index (Phi) is 4.35. The molecule has 0 saturated heterocycles. The smallest absolute Gasteiger partial charge is 0.0897 e. The van der Waals surface area contributed by atoms with Gasteiger partial charge in [0.25, 0.3) is 0 Å². The van der Waals surface area contributed by atoms with E-state index in [0.717, 1.165) is 0 Å². The molecule has 1 fully saturated rings. The number of hydrogen-bond donors (Lipinski definition) is 2. The number of aliphatic hydroxyl groups excluding tert-OH is 1. The Bertz CT molecular complexity index is 386. The zero-order valence-electron chi connectivity index (χ0n) is 12.3. The molecular weight excluding hydrogens is 258 g/mol. The number of nitrogens with one attached hydrogen (secondary N) is 1. The Morgan fingerprint density at radius 2 is 2.05 bits per heavy atom. The lowest BCUT2D eigenvalue weighted by Crippen LogP contribution is -2.34. The van der Waals surface area contributed by atoms with Gasteiger partial charge in [0.05, 0.1) is 19.3 Å². The molecule has 1 aromatic rings. The molecule has 4 heteroatoms. The van der Waals surface area contributed by atoms with Gasteiger partial charge in [0, 0.05) is 17.5 Å². The molecule has 1 saturated carbocycles. The topological polar surface area (TPSA) is 41.5 Å². The Hall–Kier alpha value is -0.420. The molecule has 3 nitrogen and oxygen atoms in total. The molecule has 0 aromatic carbocycles. The highest BCUT2D eigenvalue weighted by atomic mass is 32.1. The molecule has 1 heterocycles. The van der Waals surface area contributed by atoms with Crippen LogP contribution in [0.25, 0.3) is 0 Å². The van der Waals surface area contributed by atoms with Crippen molar-refractivity contribution in [3.05, 3.63) is 22.4 Å². The second-order valence-corrected chi connectivity index (χ2v) is 7.57. The minimum Gasteiger partial charge on any atom is -0.389 e. The summed E-state index contributed by atoms with van der Waals surface area (Å²) in [5, 5.41) is 15.4. The van der Waals surface area contributed by atoms with Gasteiger partial charge in [-0.2, -0.15) is 0 Å². The van der Waals surface area contributed by atoms with Gasteiger partial charge in [-0.1, -0.05) is 33.8 Å². The molecule has 108 valence electrons. The summed E-state index contributed by atoms with van der Waals surface area (Å²) >= 11 is 1.68. The van der Waals surface area contributed by atoms with Crippen LogP contribution in [0.3, 0.4) is 0 Å². The molecule has 1 atom stereocenters. The van der Waals surface area contributed by atoms with Crippen LogP contribution in [-0.4, -0.2) is 30.4 Å². The van der Waals surface area contributed by atoms with Gasteiger partial charge in [-0.3, -0.25) is 0 Å². The van der Waals surface area contributed by atoms with Crippen molar-refractivity contribution in [3.8, 4) is 0 Å². The molecule has 0 spiro atoms. The van der Waals surface area contributed by atoms with Crippen LogP contribution in [0.1, 0.15) is 32.6 Å². The van der Waals surface area contributed by atoms with E-state index in [0.29, 0.717) is 36.6 Å². The van der Waals surface area contributed by atoms with Crippen molar-refractivity contribution in [2.24, 2.45) is 10.8 Å². The molecule has 1 aliphatic rings. The zero-order valence-corrected chi connectivity index (χ0v) is 13.1. The Labute approximate surface area is 120 Å². The van der Waals surface area contributed by atoms with Gasteiger partial charge < -0.3 is 15.2 Å². The summed E-state index contributed by atoms with van der Waals surface area (Å²) in [6.45, 7) is 10.7. The van der Waals surface area contributed by atoms with Crippen molar-refractivity contribution in [2.45, 2.75) is 46.4 Å². The van der Waals surface area contributed by atoms with Crippen LogP contribution in [0.4, 0.5) is 0 Å². The third-order valence-electron chi connectivity index (χ3n) is 4.71. The van der Waals surface area contributed by atoms with E-state index in [9.17, 15) is 5.11 Å². The SMILES string of the molecule is CC1(C)C(NCC(O)COCc2cccs2)C1(C)C. The van der Waals surface area contributed by atoms with E-state index in [4.69, 9.17) is 4.74 Å². The fourth-order valence-electron chi connectivity index (χ4n) is 2.71. The second kappa shape index (κ2) is 5.52. The first-order valence-corrected chi connectivity index (χ1v) is 7.75. The van der Waals surface area contributed by atoms with Crippen molar-refractivity contribution >= 4 is 11.3 Å². The molecular formula is C15H25NO2S. The summed E-state index contributed by atoms with van der Waals surface area (Å²) in [7, 11) is 0. The minimum absolute atomic E-state index is 0.310. The molecule has 2 rings (SSSR count). The maximum Gasteiger partial charge on any atom is 0.0897 e. The second-order valence-electron chi connectivity index (χ2n) is 6.53. The Morgan fingerprint density at radius 1 is 1.37 bits per heavy atom. The molecule has 2 N–H and O–H groups in total. The summed E-state index contributed by atoms with van der Waals surface area (Å²) in [5.74, 6) is 0. The summed E-state index contributed by atoms with van der Waals surface area (Å²) in [5.41, 5.74) is 0.620. The maximum absolute atomic E-state index is 9.91. The van der Waals surface area contributed by atoms with E-state index in [1.54, 1.807) is 11.3 Å². The van der Waals surface area contributed by atoms with Crippen molar-refractivity contribution in [1.82, 2.24) is 5.32 Å². The number of rotatable bonds is 7. The van der Waals surface area contributed by atoms with Crippen molar-refractivity contribution in [2.75, 3.05) is 13.2 Å². The Morgan fingerprint density at radius 3 is 2.58 bits per heavy atom. The largest absolute Gasteiger partial charge is 0.389 e. The highest BCUT2D eigenvalue weighted by Crippen LogP contribution is 2.62. The summed E-state index contributed by atoms with van der Waals surface area (Å²) in [4.78, 5) is 1.20. The van der Waals surface area contributed by atoms with Crippen LogP contribution in [0, 0.1) is 10.8 Å². The average molecular weight is 283 g/mol. The monoisotopic (exact) mass is 283 g/mol. The molecule has 0 bridgehead atoms. The first-order valence-electron chi connectivity index (χ1n) is 6.87. The van der Waals surface area contributed by atoms with E-state index in [1.165, 1.54) is 4.88 Å². The first-order chi connectivity index (χ1) is 8.85. The van der Waals surface area contributed by atoms with Crippen LogP contribution in [0.15, 0.2) is 17.5 Å². The molecule has 0 aliphatic heterocycles. The summed E-state index contributed by atoms with van der Waals surface area (Å²) < 4.78 is 5.52. The van der Waals surface area contributed by atoms with E-state index in [-0.39, 0.29) is 0 Å². The van der Waals surface area contributed by atoms with Crippen molar-refractivity contribution in [1.29, 1.82) is 0 Å². The van der Waals surface area contributed by atoms with Gasteiger partial charge in [0.15, 0.2) is 0 Å². The molecule has 1 aliphatic carbocycles. The highest BCUT2D eigenvalue weighted by molar-refractivity contribution is 7.09.